The Balaban J connectivity index is 1.49. The van der Waals surface area contributed by atoms with Gasteiger partial charge in [0.15, 0.2) is 5.96 Å². The van der Waals surface area contributed by atoms with Crippen molar-refractivity contribution in [2.75, 3.05) is 13.6 Å². The quantitative estimate of drug-likeness (QED) is 0.528. The number of thiophene rings is 1. The molecule has 6 nitrogen and oxygen atoms in total. The molecule has 2 heterocycles. The van der Waals surface area contributed by atoms with Crippen molar-refractivity contribution in [2.24, 2.45) is 4.99 Å². The van der Waals surface area contributed by atoms with Gasteiger partial charge in [0.1, 0.15) is 12.7 Å². The highest BCUT2D eigenvalue weighted by atomic mass is 32.1. The van der Waals surface area contributed by atoms with Crippen molar-refractivity contribution in [2.45, 2.75) is 19.4 Å². The number of benzene rings is 1. The Bertz CT molecular complexity index is 778. The summed E-state index contributed by atoms with van der Waals surface area (Å²) in [6.45, 7) is 3.78. The first kappa shape index (κ1) is 17.2. The van der Waals surface area contributed by atoms with Crippen LogP contribution in [0, 0.1) is 0 Å². The molecule has 0 radical (unpaired) electrons. The van der Waals surface area contributed by atoms with Gasteiger partial charge in [-0.1, -0.05) is 25.1 Å². The summed E-state index contributed by atoms with van der Waals surface area (Å²) in [4.78, 5) is 9.63. The van der Waals surface area contributed by atoms with E-state index in [1.165, 1.54) is 16.8 Å². The lowest BCUT2D eigenvalue weighted by molar-refractivity contribution is 0.708. The largest absolute Gasteiger partial charge is 0.356 e. The maximum Gasteiger partial charge on any atom is 0.191 e. The number of nitrogens with zero attached hydrogens (tertiary/aromatic N) is 4. The van der Waals surface area contributed by atoms with Crippen LogP contribution in [0.1, 0.15) is 23.3 Å². The molecule has 1 atom stereocenters. The highest BCUT2D eigenvalue weighted by molar-refractivity contribution is 7.10. The van der Waals surface area contributed by atoms with E-state index in [4.69, 9.17) is 0 Å². The summed E-state index contributed by atoms with van der Waals surface area (Å²) in [5.41, 5.74) is 2.17. The molecular weight excluding hydrogens is 332 g/mol. The highest BCUT2D eigenvalue weighted by Gasteiger charge is 2.07. The van der Waals surface area contributed by atoms with E-state index in [1.54, 1.807) is 29.4 Å². The van der Waals surface area contributed by atoms with E-state index in [0.717, 1.165) is 18.2 Å². The minimum atomic E-state index is 0.459. The second-order valence-electron chi connectivity index (χ2n) is 5.73. The second kappa shape index (κ2) is 8.43. The lowest BCUT2D eigenvalue weighted by atomic mass is 10.1. The van der Waals surface area contributed by atoms with Crippen LogP contribution < -0.4 is 10.6 Å². The van der Waals surface area contributed by atoms with Gasteiger partial charge in [0, 0.05) is 30.9 Å². The molecule has 130 valence electrons. The lowest BCUT2D eigenvalue weighted by Gasteiger charge is -2.15. The maximum absolute atomic E-state index is 4.29. The van der Waals surface area contributed by atoms with Gasteiger partial charge in [0.2, 0.25) is 0 Å². The Hall–Kier alpha value is -2.67. The van der Waals surface area contributed by atoms with Crippen molar-refractivity contribution in [3.05, 3.63) is 64.9 Å². The molecule has 0 aliphatic heterocycles. The molecule has 0 saturated carbocycles. The van der Waals surface area contributed by atoms with E-state index in [-0.39, 0.29) is 0 Å². The first-order valence-electron chi connectivity index (χ1n) is 8.18. The predicted octanol–water partition coefficient (Wildman–Crippen LogP) is 2.80. The zero-order valence-electron chi connectivity index (χ0n) is 14.4. The predicted molar refractivity (Wildman–Crippen MR) is 102 cm³/mol. The molecule has 0 aliphatic rings. The topological polar surface area (TPSA) is 67.1 Å². The van der Waals surface area contributed by atoms with E-state index in [1.807, 2.05) is 12.1 Å². The van der Waals surface area contributed by atoms with Crippen molar-refractivity contribution in [3.8, 4) is 5.69 Å². The number of aliphatic imine (C=N–C) groups is 1. The summed E-state index contributed by atoms with van der Waals surface area (Å²) in [6.07, 6.45) is 3.22. The van der Waals surface area contributed by atoms with Crippen molar-refractivity contribution in [1.82, 2.24) is 25.4 Å². The van der Waals surface area contributed by atoms with Crippen LogP contribution in [0.5, 0.6) is 0 Å². The molecule has 3 aromatic rings. The Morgan fingerprint density at radius 2 is 2.08 bits per heavy atom. The highest BCUT2D eigenvalue weighted by Crippen LogP contribution is 2.19. The van der Waals surface area contributed by atoms with Crippen molar-refractivity contribution < 1.29 is 0 Å². The van der Waals surface area contributed by atoms with Gasteiger partial charge in [0.05, 0.1) is 5.69 Å². The van der Waals surface area contributed by atoms with E-state index in [2.05, 4.69) is 62.3 Å². The Kier molecular flexibility index (Phi) is 5.79. The van der Waals surface area contributed by atoms with E-state index >= 15 is 0 Å². The molecule has 25 heavy (non-hydrogen) atoms. The standard InChI is InChI=1S/C18H22N6S/c1-14(17-4-3-9-25-17)10-21-18(19-2)22-11-15-5-7-16(8-6-15)24-13-20-12-23-24/h3-9,12-14H,10-11H2,1-2H3,(H2,19,21,22). The number of hydrogen-bond acceptors (Lipinski definition) is 4. The normalized spacial score (nSPS) is 12.8. The van der Waals surface area contributed by atoms with Gasteiger partial charge in [-0.2, -0.15) is 5.10 Å². The number of rotatable bonds is 6. The van der Waals surface area contributed by atoms with Gasteiger partial charge in [0.25, 0.3) is 0 Å². The molecule has 0 amide bonds. The van der Waals surface area contributed by atoms with Crippen molar-refractivity contribution in [3.63, 3.8) is 0 Å². The molecule has 7 heteroatoms. The van der Waals surface area contributed by atoms with Crippen LogP contribution in [0.15, 0.2) is 59.4 Å². The fourth-order valence-electron chi connectivity index (χ4n) is 2.44. The van der Waals surface area contributed by atoms with Gasteiger partial charge >= 0.3 is 0 Å². The Labute approximate surface area is 151 Å². The number of hydrogen-bond donors (Lipinski definition) is 2. The first-order valence-corrected chi connectivity index (χ1v) is 9.06. The molecule has 0 fully saturated rings. The summed E-state index contributed by atoms with van der Waals surface area (Å²) < 4.78 is 1.74. The third-order valence-corrected chi connectivity index (χ3v) is 5.01. The molecule has 1 unspecified atom stereocenters. The molecule has 0 saturated heterocycles. The van der Waals surface area contributed by atoms with Crippen molar-refractivity contribution in [1.29, 1.82) is 0 Å². The van der Waals surface area contributed by atoms with Crippen LogP contribution in [0.25, 0.3) is 5.69 Å². The van der Waals surface area contributed by atoms with Crippen molar-refractivity contribution >= 4 is 17.3 Å². The number of guanidine groups is 1. The third kappa shape index (κ3) is 4.67. The fourth-order valence-corrected chi connectivity index (χ4v) is 3.22. The van der Waals surface area contributed by atoms with Crippen LogP contribution in [-0.2, 0) is 6.54 Å². The van der Waals surface area contributed by atoms with Crippen LogP contribution in [0.3, 0.4) is 0 Å². The SMILES string of the molecule is CN=C(NCc1ccc(-n2cncn2)cc1)NCC(C)c1cccs1. The lowest BCUT2D eigenvalue weighted by Crippen LogP contribution is -2.38. The summed E-state index contributed by atoms with van der Waals surface area (Å²) in [5, 5.41) is 13.0. The zero-order chi connectivity index (χ0) is 17.5. The summed E-state index contributed by atoms with van der Waals surface area (Å²) in [5.74, 6) is 1.27. The molecule has 2 aromatic heterocycles. The van der Waals surface area contributed by atoms with E-state index in [0.29, 0.717) is 12.5 Å². The molecule has 0 spiro atoms. The third-order valence-electron chi connectivity index (χ3n) is 3.91. The Morgan fingerprint density at radius 1 is 1.24 bits per heavy atom. The smallest absolute Gasteiger partial charge is 0.191 e. The maximum atomic E-state index is 4.29. The van der Waals surface area contributed by atoms with Gasteiger partial charge in [-0.3, -0.25) is 4.99 Å². The van der Waals surface area contributed by atoms with E-state index in [9.17, 15) is 0 Å². The average molecular weight is 354 g/mol. The van der Waals surface area contributed by atoms with Crippen LogP contribution in [-0.4, -0.2) is 34.3 Å². The number of nitrogens with one attached hydrogen (secondary N) is 2. The summed E-state index contributed by atoms with van der Waals surface area (Å²) in [6, 6.07) is 12.5. The average Bonchev–Trinajstić information content (AvgIpc) is 3.36. The van der Waals surface area contributed by atoms with Gasteiger partial charge < -0.3 is 10.6 Å². The zero-order valence-corrected chi connectivity index (χ0v) is 15.2. The molecular formula is C18H22N6S. The minimum Gasteiger partial charge on any atom is -0.356 e. The summed E-state index contributed by atoms with van der Waals surface area (Å²) >= 11 is 1.79. The first-order chi connectivity index (χ1) is 12.3. The van der Waals surface area contributed by atoms with Crippen LogP contribution in [0.2, 0.25) is 0 Å². The molecule has 2 N–H and O–H groups in total. The monoisotopic (exact) mass is 354 g/mol. The Morgan fingerprint density at radius 3 is 2.72 bits per heavy atom. The van der Waals surface area contributed by atoms with Crippen LogP contribution in [0.4, 0.5) is 0 Å². The van der Waals surface area contributed by atoms with Gasteiger partial charge in [-0.05, 0) is 29.1 Å². The molecule has 0 bridgehead atoms. The molecule has 3 rings (SSSR count). The fraction of sp³-hybridized carbons (Fsp3) is 0.278. The van der Waals surface area contributed by atoms with E-state index < -0.39 is 0 Å². The number of aromatic nitrogens is 3. The van der Waals surface area contributed by atoms with Gasteiger partial charge in [-0.25, -0.2) is 9.67 Å². The van der Waals surface area contributed by atoms with Crippen LogP contribution >= 0.6 is 11.3 Å². The minimum absolute atomic E-state index is 0.459. The molecule has 1 aromatic carbocycles. The summed E-state index contributed by atoms with van der Waals surface area (Å²) in [7, 11) is 1.79. The second-order valence-corrected chi connectivity index (χ2v) is 6.71. The van der Waals surface area contributed by atoms with Gasteiger partial charge in [-0.15, -0.1) is 11.3 Å². The molecule has 0 aliphatic carbocycles.